The van der Waals surface area contributed by atoms with E-state index in [-0.39, 0.29) is 37.2 Å². The molecular formula is C23H43Cl3N8. The summed E-state index contributed by atoms with van der Waals surface area (Å²) in [6, 6.07) is 1.25. The highest BCUT2D eigenvalue weighted by molar-refractivity contribution is 5.86. The fraction of sp³-hybridized carbons (Fsp3) is 0.783. The Bertz CT molecular complexity index is 831. The lowest BCUT2D eigenvalue weighted by Gasteiger charge is -2.27. The summed E-state index contributed by atoms with van der Waals surface area (Å²) in [5, 5.41) is 7.17. The number of hydrogen-bond acceptors (Lipinski definition) is 7. The van der Waals surface area contributed by atoms with E-state index in [0.29, 0.717) is 18.1 Å². The van der Waals surface area contributed by atoms with Gasteiger partial charge in [-0.3, -0.25) is 0 Å². The van der Waals surface area contributed by atoms with Crippen LogP contribution < -0.4 is 16.4 Å². The predicted molar refractivity (Wildman–Crippen MR) is 149 cm³/mol. The van der Waals surface area contributed by atoms with Gasteiger partial charge in [0.1, 0.15) is 0 Å². The van der Waals surface area contributed by atoms with Gasteiger partial charge < -0.3 is 25.8 Å². The number of nitrogens with one attached hydrogen (secondary N) is 2. The van der Waals surface area contributed by atoms with Gasteiger partial charge in [-0.1, -0.05) is 26.7 Å². The molecule has 2 aliphatic carbocycles. The molecule has 2 aromatic heterocycles. The minimum atomic E-state index is 0. The van der Waals surface area contributed by atoms with Crippen molar-refractivity contribution in [3.63, 3.8) is 0 Å². The first kappa shape index (κ1) is 31.0. The van der Waals surface area contributed by atoms with Crippen LogP contribution in [0.1, 0.15) is 77.7 Å². The number of nitrogens with two attached hydrogens (primary N) is 1. The third-order valence-electron chi connectivity index (χ3n) is 7.08. The summed E-state index contributed by atoms with van der Waals surface area (Å²) < 4.78 is 2.28. The van der Waals surface area contributed by atoms with Gasteiger partial charge in [-0.25, -0.2) is 4.98 Å². The number of halogens is 3. The van der Waals surface area contributed by atoms with Crippen molar-refractivity contribution in [2.45, 2.75) is 89.8 Å². The Morgan fingerprint density at radius 2 is 1.68 bits per heavy atom. The molecule has 0 amide bonds. The second-order valence-electron chi connectivity index (χ2n) is 9.22. The zero-order valence-corrected chi connectivity index (χ0v) is 23.0. The smallest absolute Gasteiger partial charge is 0.227 e. The van der Waals surface area contributed by atoms with Crippen LogP contribution in [0.25, 0.3) is 11.2 Å². The maximum absolute atomic E-state index is 6.09. The topological polar surface area (TPSA) is 96.9 Å². The normalized spacial score (nSPS) is 20.5. The monoisotopic (exact) mass is 536 g/mol. The van der Waals surface area contributed by atoms with Crippen LogP contribution in [0.5, 0.6) is 0 Å². The first-order valence-electron chi connectivity index (χ1n) is 12.4. The molecule has 2 aromatic rings. The van der Waals surface area contributed by atoms with E-state index < -0.39 is 0 Å². The number of fused-ring (bicyclic) bond motifs is 1. The van der Waals surface area contributed by atoms with E-state index in [1.54, 1.807) is 0 Å². The molecule has 0 saturated heterocycles. The van der Waals surface area contributed by atoms with Crippen molar-refractivity contribution in [3.8, 4) is 0 Å². The van der Waals surface area contributed by atoms with E-state index >= 15 is 0 Å². The molecule has 0 radical (unpaired) electrons. The molecule has 4 N–H and O–H groups in total. The maximum Gasteiger partial charge on any atom is 0.227 e. The van der Waals surface area contributed by atoms with Crippen molar-refractivity contribution in [2.24, 2.45) is 5.73 Å². The van der Waals surface area contributed by atoms with Crippen LogP contribution in [0.2, 0.25) is 0 Å². The number of hydrogen-bond donors (Lipinski definition) is 3. The SMILES string of the molecule is CCN(CC)CCCNc1nc(NC2CCC(N)CC2)nc2c1ncn2C1CCCC1.Cl.Cl.Cl. The van der Waals surface area contributed by atoms with Crippen LogP contribution >= 0.6 is 37.2 Å². The van der Waals surface area contributed by atoms with Crippen LogP contribution in [-0.4, -0.2) is 62.7 Å². The molecule has 0 bridgehead atoms. The van der Waals surface area contributed by atoms with Crippen molar-refractivity contribution in [1.29, 1.82) is 0 Å². The lowest BCUT2D eigenvalue weighted by Crippen LogP contribution is -2.33. The van der Waals surface area contributed by atoms with Crippen molar-refractivity contribution in [1.82, 2.24) is 24.4 Å². The summed E-state index contributed by atoms with van der Waals surface area (Å²) in [7, 11) is 0. The van der Waals surface area contributed by atoms with Gasteiger partial charge in [-0.2, -0.15) is 9.97 Å². The van der Waals surface area contributed by atoms with Gasteiger partial charge in [0, 0.05) is 24.7 Å². The van der Waals surface area contributed by atoms with E-state index in [1.165, 1.54) is 25.7 Å². The molecule has 2 heterocycles. The average molecular weight is 538 g/mol. The minimum absolute atomic E-state index is 0. The van der Waals surface area contributed by atoms with Gasteiger partial charge in [-0.15, -0.1) is 37.2 Å². The summed E-state index contributed by atoms with van der Waals surface area (Å²) in [5.41, 5.74) is 7.95. The molecule has 0 unspecified atom stereocenters. The van der Waals surface area contributed by atoms with Gasteiger partial charge in [0.15, 0.2) is 17.0 Å². The molecule has 2 fully saturated rings. The Morgan fingerprint density at radius 1 is 1.00 bits per heavy atom. The Kier molecular flexibility index (Phi) is 13.8. The highest BCUT2D eigenvalue weighted by Gasteiger charge is 2.23. The number of anilines is 2. The number of nitrogens with zero attached hydrogens (tertiary/aromatic N) is 5. The molecule has 11 heteroatoms. The Balaban J connectivity index is 0.00000193. The summed E-state index contributed by atoms with van der Waals surface area (Å²) in [5.74, 6) is 1.58. The molecule has 0 atom stereocenters. The third-order valence-corrected chi connectivity index (χ3v) is 7.08. The lowest BCUT2D eigenvalue weighted by molar-refractivity contribution is 0.303. The standard InChI is InChI=1S/C23H40N8.3ClH/c1-3-30(4-2)15-7-14-25-21-20-22(31(16-26-20)19-8-5-6-9-19)29-23(28-21)27-18-12-10-17(24)11-13-18;;;/h16-19H,3-15,24H2,1-2H3,(H2,25,27,28,29);3*1H. The Morgan fingerprint density at radius 3 is 2.32 bits per heavy atom. The molecule has 0 spiro atoms. The van der Waals surface area contributed by atoms with Crippen molar-refractivity contribution in [2.75, 3.05) is 36.8 Å². The van der Waals surface area contributed by atoms with E-state index in [4.69, 9.17) is 20.7 Å². The molecule has 0 aromatic carbocycles. The maximum atomic E-state index is 6.09. The first-order valence-corrected chi connectivity index (χ1v) is 12.4. The van der Waals surface area contributed by atoms with Gasteiger partial charge >= 0.3 is 0 Å². The molecular weight excluding hydrogens is 495 g/mol. The van der Waals surface area contributed by atoms with E-state index in [2.05, 4.69) is 33.9 Å². The first-order chi connectivity index (χ1) is 15.2. The molecule has 4 rings (SSSR count). The second kappa shape index (κ2) is 15.1. The van der Waals surface area contributed by atoms with Crippen LogP contribution in [0, 0.1) is 0 Å². The lowest BCUT2D eigenvalue weighted by atomic mass is 9.92. The van der Waals surface area contributed by atoms with Gasteiger partial charge in [0.25, 0.3) is 0 Å². The largest absolute Gasteiger partial charge is 0.368 e. The predicted octanol–water partition coefficient (Wildman–Crippen LogP) is 5.03. The van der Waals surface area contributed by atoms with E-state index in [0.717, 1.165) is 81.2 Å². The van der Waals surface area contributed by atoms with Crippen LogP contribution in [0.15, 0.2) is 6.33 Å². The van der Waals surface area contributed by atoms with E-state index in [1.807, 2.05) is 6.33 Å². The fourth-order valence-corrected chi connectivity index (χ4v) is 5.05. The zero-order valence-electron chi connectivity index (χ0n) is 20.5. The van der Waals surface area contributed by atoms with Crippen molar-refractivity contribution >= 4 is 60.2 Å². The number of aromatic nitrogens is 4. The average Bonchev–Trinajstić information content (AvgIpc) is 3.45. The highest BCUT2D eigenvalue weighted by Crippen LogP contribution is 2.33. The quantitative estimate of drug-likeness (QED) is 0.366. The molecule has 0 aliphatic heterocycles. The van der Waals surface area contributed by atoms with Gasteiger partial charge in [-0.05, 0) is 64.6 Å². The molecule has 34 heavy (non-hydrogen) atoms. The fourth-order valence-electron chi connectivity index (χ4n) is 5.05. The van der Waals surface area contributed by atoms with E-state index in [9.17, 15) is 0 Å². The van der Waals surface area contributed by atoms with Crippen LogP contribution in [0.4, 0.5) is 11.8 Å². The Hall–Kier alpha value is -1.06. The van der Waals surface area contributed by atoms with Crippen molar-refractivity contribution < 1.29 is 0 Å². The second-order valence-corrected chi connectivity index (χ2v) is 9.22. The summed E-state index contributed by atoms with van der Waals surface area (Å²) in [4.78, 5) is 17.0. The zero-order chi connectivity index (χ0) is 21.6. The number of rotatable bonds is 10. The van der Waals surface area contributed by atoms with Crippen molar-refractivity contribution in [3.05, 3.63) is 6.33 Å². The summed E-state index contributed by atoms with van der Waals surface area (Å²) >= 11 is 0. The summed E-state index contributed by atoms with van der Waals surface area (Å²) in [6.07, 6.45) is 12.4. The molecule has 2 saturated carbocycles. The minimum Gasteiger partial charge on any atom is -0.368 e. The van der Waals surface area contributed by atoms with Crippen LogP contribution in [0.3, 0.4) is 0 Å². The highest BCUT2D eigenvalue weighted by atomic mass is 35.5. The molecule has 2 aliphatic rings. The van der Waals surface area contributed by atoms with Gasteiger partial charge in [0.05, 0.1) is 6.33 Å². The third kappa shape index (κ3) is 7.72. The molecule has 8 nitrogen and oxygen atoms in total. The Labute approximate surface area is 222 Å². The molecule has 196 valence electrons. The number of imidazole rings is 1. The van der Waals surface area contributed by atoms with Crippen LogP contribution in [-0.2, 0) is 0 Å². The van der Waals surface area contributed by atoms with Gasteiger partial charge in [0.2, 0.25) is 5.95 Å². The summed E-state index contributed by atoms with van der Waals surface area (Å²) in [6.45, 7) is 8.61.